The van der Waals surface area contributed by atoms with Crippen LogP contribution in [0.25, 0.3) is 0 Å². The number of carbonyl (C=O) groups excluding carboxylic acids is 1. The van der Waals surface area contributed by atoms with Gasteiger partial charge in [-0.25, -0.2) is 0 Å². The Morgan fingerprint density at radius 2 is 2.25 bits per heavy atom. The van der Waals surface area contributed by atoms with Gasteiger partial charge in [0.05, 0.1) is 5.69 Å². The Bertz CT molecular complexity index is 423. The number of nitrogens with two attached hydrogens (primary N) is 1. The molecule has 0 spiro atoms. The van der Waals surface area contributed by atoms with Crippen molar-refractivity contribution in [3.63, 3.8) is 0 Å². The van der Waals surface area contributed by atoms with Crippen molar-refractivity contribution in [2.75, 3.05) is 23.7 Å². The minimum atomic E-state index is -0.610. The summed E-state index contributed by atoms with van der Waals surface area (Å²) in [6, 6.07) is 0. The highest BCUT2D eigenvalue weighted by Gasteiger charge is 2.39. The summed E-state index contributed by atoms with van der Waals surface area (Å²) in [5, 5.41) is 7.14. The zero-order chi connectivity index (χ0) is 11.9. The number of piperazine rings is 1. The van der Waals surface area contributed by atoms with E-state index < -0.39 is 5.54 Å². The predicted octanol–water partition coefficient (Wildman–Crippen LogP) is -0.283. The van der Waals surface area contributed by atoms with Gasteiger partial charge in [-0.2, -0.15) is 5.10 Å². The van der Waals surface area contributed by atoms with Crippen LogP contribution in [-0.2, 0) is 11.8 Å². The predicted molar refractivity (Wildman–Crippen MR) is 62.1 cm³/mol. The van der Waals surface area contributed by atoms with E-state index in [1.807, 2.05) is 25.8 Å². The van der Waals surface area contributed by atoms with Crippen molar-refractivity contribution in [2.24, 2.45) is 7.05 Å². The maximum Gasteiger partial charge on any atom is 0.245 e. The minimum absolute atomic E-state index is 0.00352. The largest absolute Gasteiger partial charge is 0.394 e. The van der Waals surface area contributed by atoms with Crippen LogP contribution in [0.2, 0.25) is 0 Å². The Labute approximate surface area is 94.4 Å². The second-order valence-electron chi connectivity index (χ2n) is 4.55. The number of carbonyl (C=O) groups is 1. The molecule has 0 bridgehead atoms. The molecule has 1 aliphatic rings. The molecule has 1 amide bonds. The maximum atomic E-state index is 11.8. The molecule has 16 heavy (non-hydrogen) atoms. The summed E-state index contributed by atoms with van der Waals surface area (Å²) in [6.07, 6.45) is 1.75. The van der Waals surface area contributed by atoms with Crippen molar-refractivity contribution in [3.05, 3.63) is 6.20 Å². The van der Waals surface area contributed by atoms with Crippen LogP contribution in [-0.4, -0.2) is 34.3 Å². The number of anilines is 2. The van der Waals surface area contributed by atoms with Gasteiger partial charge < -0.3 is 16.0 Å². The normalized spacial score (nSPS) is 19.7. The van der Waals surface area contributed by atoms with E-state index in [-0.39, 0.29) is 5.91 Å². The zero-order valence-corrected chi connectivity index (χ0v) is 9.82. The van der Waals surface area contributed by atoms with Crippen LogP contribution in [0.1, 0.15) is 13.8 Å². The van der Waals surface area contributed by atoms with E-state index in [9.17, 15) is 4.79 Å². The number of aryl methyl sites for hydroxylation is 1. The third-order valence-corrected chi connectivity index (χ3v) is 2.94. The highest BCUT2D eigenvalue weighted by molar-refractivity contribution is 5.91. The molecule has 1 saturated heterocycles. The first-order valence-electron chi connectivity index (χ1n) is 5.28. The summed E-state index contributed by atoms with van der Waals surface area (Å²) in [6.45, 7) is 5.09. The SMILES string of the molecule is Cn1cc(N)c(N2CCNC(=O)C2(C)C)n1. The van der Waals surface area contributed by atoms with Crippen LogP contribution in [0.4, 0.5) is 11.5 Å². The number of nitrogens with zero attached hydrogens (tertiary/aromatic N) is 3. The van der Waals surface area contributed by atoms with Crippen molar-refractivity contribution in [1.82, 2.24) is 15.1 Å². The molecule has 0 atom stereocenters. The van der Waals surface area contributed by atoms with Gasteiger partial charge in [0, 0.05) is 26.3 Å². The number of nitrogens with one attached hydrogen (secondary N) is 1. The minimum Gasteiger partial charge on any atom is -0.394 e. The fourth-order valence-electron chi connectivity index (χ4n) is 1.98. The monoisotopic (exact) mass is 223 g/mol. The average Bonchev–Trinajstić information content (AvgIpc) is 2.50. The smallest absolute Gasteiger partial charge is 0.245 e. The van der Waals surface area contributed by atoms with E-state index in [0.29, 0.717) is 18.1 Å². The van der Waals surface area contributed by atoms with Crippen LogP contribution in [0.15, 0.2) is 6.20 Å². The molecule has 0 unspecified atom stereocenters. The van der Waals surface area contributed by atoms with Gasteiger partial charge in [0.2, 0.25) is 5.91 Å². The molecular weight excluding hydrogens is 206 g/mol. The van der Waals surface area contributed by atoms with Gasteiger partial charge in [0.25, 0.3) is 0 Å². The quantitative estimate of drug-likeness (QED) is 0.686. The molecule has 0 aromatic carbocycles. The van der Waals surface area contributed by atoms with E-state index in [1.165, 1.54) is 0 Å². The Morgan fingerprint density at radius 3 is 2.81 bits per heavy atom. The number of hydrogen-bond acceptors (Lipinski definition) is 4. The van der Waals surface area contributed by atoms with Crippen molar-refractivity contribution in [3.8, 4) is 0 Å². The Hall–Kier alpha value is -1.72. The molecule has 2 rings (SSSR count). The van der Waals surface area contributed by atoms with E-state index in [0.717, 1.165) is 6.54 Å². The number of amides is 1. The zero-order valence-electron chi connectivity index (χ0n) is 9.82. The molecule has 6 heteroatoms. The molecule has 1 aromatic heterocycles. The lowest BCUT2D eigenvalue weighted by atomic mass is 9.99. The molecule has 0 saturated carbocycles. The second-order valence-corrected chi connectivity index (χ2v) is 4.55. The summed E-state index contributed by atoms with van der Waals surface area (Å²) >= 11 is 0. The van der Waals surface area contributed by atoms with Gasteiger partial charge in [-0.05, 0) is 13.8 Å². The Kier molecular flexibility index (Phi) is 2.29. The van der Waals surface area contributed by atoms with Crippen LogP contribution in [0, 0.1) is 0 Å². The molecule has 1 aromatic rings. The summed E-state index contributed by atoms with van der Waals surface area (Å²) in [7, 11) is 1.82. The highest BCUT2D eigenvalue weighted by Crippen LogP contribution is 2.28. The first kappa shape index (κ1) is 10.8. The van der Waals surface area contributed by atoms with Gasteiger partial charge in [-0.1, -0.05) is 0 Å². The number of rotatable bonds is 1. The third-order valence-electron chi connectivity index (χ3n) is 2.94. The number of hydrogen-bond donors (Lipinski definition) is 2. The fourth-order valence-corrected chi connectivity index (χ4v) is 1.98. The van der Waals surface area contributed by atoms with Crippen molar-refractivity contribution >= 4 is 17.4 Å². The van der Waals surface area contributed by atoms with Crippen LogP contribution < -0.4 is 16.0 Å². The van der Waals surface area contributed by atoms with E-state index in [1.54, 1.807) is 10.9 Å². The summed E-state index contributed by atoms with van der Waals surface area (Å²) < 4.78 is 1.66. The van der Waals surface area contributed by atoms with Gasteiger partial charge in [-0.15, -0.1) is 0 Å². The first-order valence-corrected chi connectivity index (χ1v) is 5.28. The lowest BCUT2D eigenvalue weighted by Crippen LogP contribution is -2.62. The van der Waals surface area contributed by atoms with Gasteiger partial charge in [0.1, 0.15) is 5.54 Å². The summed E-state index contributed by atoms with van der Waals surface area (Å²) in [5.74, 6) is 0.686. The Balaban J connectivity index is 2.39. The highest BCUT2D eigenvalue weighted by atomic mass is 16.2. The molecule has 0 aliphatic carbocycles. The van der Waals surface area contributed by atoms with Gasteiger partial charge in [0.15, 0.2) is 5.82 Å². The van der Waals surface area contributed by atoms with E-state index in [4.69, 9.17) is 5.73 Å². The molecule has 1 aliphatic heterocycles. The second kappa shape index (κ2) is 3.40. The van der Waals surface area contributed by atoms with Gasteiger partial charge in [-0.3, -0.25) is 9.48 Å². The fraction of sp³-hybridized carbons (Fsp3) is 0.600. The van der Waals surface area contributed by atoms with Crippen LogP contribution in [0.5, 0.6) is 0 Å². The lowest BCUT2D eigenvalue weighted by Gasteiger charge is -2.41. The summed E-state index contributed by atoms with van der Waals surface area (Å²) in [5.41, 5.74) is 5.87. The van der Waals surface area contributed by atoms with Crippen LogP contribution >= 0.6 is 0 Å². The van der Waals surface area contributed by atoms with Crippen molar-refractivity contribution in [1.29, 1.82) is 0 Å². The van der Waals surface area contributed by atoms with E-state index in [2.05, 4.69) is 10.4 Å². The Morgan fingerprint density at radius 1 is 1.56 bits per heavy atom. The summed E-state index contributed by atoms with van der Waals surface area (Å²) in [4.78, 5) is 13.7. The van der Waals surface area contributed by atoms with Crippen LogP contribution in [0.3, 0.4) is 0 Å². The number of aromatic nitrogens is 2. The molecular formula is C10H17N5O. The topological polar surface area (TPSA) is 76.2 Å². The van der Waals surface area contributed by atoms with Crippen molar-refractivity contribution in [2.45, 2.75) is 19.4 Å². The third kappa shape index (κ3) is 1.50. The average molecular weight is 223 g/mol. The molecule has 1 fully saturated rings. The van der Waals surface area contributed by atoms with Gasteiger partial charge >= 0.3 is 0 Å². The maximum absolute atomic E-state index is 11.8. The van der Waals surface area contributed by atoms with E-state index >= 15 is 0 Å². The standard InChI is InChI=1S/C10H17N5O/c1-10(2)9(16)12-4-5-15(10)8-7(11)6-14(3)13-8/h6H,4-5,11H2,1-3H3,(H,12,16). The van der Waals surface area contributed by atoms with Crippen molar-refractivity contribution < 1.29 is 4.79 Å². The first-order chi connectivity index (χ1) is 7.43. The molecule has 0 radical (unpaired) electrons. The molecule has 6 nitrogen and oxygen atoms in total. The molecule has 88 valence electrons. The molecule has 3 N–H and O–H groups in total. The number of nitrogen functional groups attached to an aromatic ring is 1. The molecule has 2 heterocycles. The lowest BCUT2D eigenvalue weighted by molar-refractivity contribution is -0.126.